The molecule has 3 heteroatoms. The predicted octanol–water partition coefficient (Wildman–Crippen LogP) is 2.24. The Morgan fingerprint density at radius 2 is 2.06 bits per heavy atom. The van der Waals surface area contributed by atoms with Crippen LogP contribution in [0.1, 0.15) is 19.4 Å². The van der Waals surface area contributed by atoms with Crippen molar-refractivity contribution < 1.29 is 9.53 Å². The van der Waals surface area contributed by atoms with Gasteiger partial charge in [-0.05, 0) is 25.5 Å². The minimum Gasteiger partial charge on any atom is -0.383 e. The fourth-order valence-electron chi connectivity index (χ4n) is 1.49. The standard InChI is InChI=1S/C14H19NO2/c1-11(9-13-7-5-4-6-8-13)14(16)15-12(2)10-17-3/h4-9,12H,10H2,1-3H3,(H,15,16)/b11-9+/t12-/m1/s1. The molecule has 3 nitrogen and oxygen atoms in total. The molecule has 0 aliphatic carbocycles. The van der Waals surface area contributed by atoms with Crippen LogP contribution >= 0.6 is 0 Å². The molecule has 1 amide bonds. The van der Waals surface area contributed by atoms with E-state index in [0.29, 0.717) is 12.2 Å². The summed E-state index contributed by atoms with van der Waals surface area (Å²) in [7, 11) is 1.62. The highest BCUT2D eigenvalue weighted by Crippen LogP contribution is 2.06. The van der Waals surface area contributed by atoms with Crippen LogP contribution < -0.4 is 5.32 Å². The number of rotatable bonds is 5. The molecule has 0 bridgehead atoms. The molecule has 0 fully saturated rings. The van der Waals surface area contributed by atoms with Crippen LogP contribution in [-0.2, 0) is 9.53 Å². The second-order valence-corrected chi connectivity index (χ2v) is 4.07. The van der Waals surface area contributed by atoms with E-state index in [1.807, 2.05) is 50.3 Å². The van der Waals surface area contributed by atoms with E-state index in [0.717, 1.165) is 5.56 Å². The van der Waals surface area contributed by atoms with Crippen LogP contribution in [0.5, 0.6) is 0 Å². The van der Waals surface area contributed by atoms with Gasteiger partial charge in [-0.1, -0.05) is 30.3 Å². The molecule has 92 valence electrons. The second-order valence-electron chi connectivity index (χ2n) is 4.07. The van der Waals surface area contributed by atoms with Crippen molar-refractivity contribution in [2.24, 2.45) is 0 Å². The maximum Gasteiger partial charge on any atom is 0.247 e. The molecule has 1 N–H and O–H groups in total. The van der Waals surface area contributed by atoms with Crippen molar-refractivity contribution >= 4 is 12.0 Å². The molecule has 1 atom stereocenters. The lowest BCUT2D eigenvalue weighted by Crippen LogP contribution is -2.35. The zero-order valence-electron chi connectivity index (χ0n) is 10.6. The molecule has 0 spiro atoms. The third-order valence-corrected chi connectivity index (χ3v) is 2.34. The molecule has 0 heterocycles. The highest BCUT2D eigenvalue weighted by Gasteiger charge is 2.08. The summed E-state index contributed by atoms with van der Waals surface area (Å²) in [5.41, 5.74) is 1.72. The molecular weight excluding hydrogens is 214 g/mol. The Hall–Kier alpha value is -1.61. The van der Waals surface area contributed by atoms with E-state index in [2.05, 4.69) is 5.32 Å². The molecule has 1 rings (SSSR count). The van der Waals surface area contributed by atoms with Crippen LogP contribution in [0.2, 0.25) is 0 Å². The van der Waals surface area contributed by atoms with Gasteiger partial charge in [-0.15, -0.1) is 0 Å². The minimum absolute atomic E-state index is 0.0200. The number of methoxy groups -OCH3 is 1. The first-order valence-electron chi connectivity index (χ1n) is 5.66. The van der Waals surface area contributed by atoms with Crippen LogP contribution in [-0.4, -0.2) is 25.7 Å². The summed E-state index contributed by atoms with van der Waals surface area (Å²) in [6, 6.07) is 9.81. The van der Waals surface area contributed by atoms with Gasteiger partial charge in [0.2, 0.25) is 5.91 Å². The predicted molar refractivity (Wildman–Crippen MR) is 69.6 cm³/mol. The van der Waals surface area contributed by atoms with Gasteiger partial charge in [0.1, 0.15) is 0 Å². The molecule has 0 unspecified atom stereocenters. The van der Waals surface area contributed by atoms with Crippen molar-refractivity contribution in [3.63, 3.8) is 0 Å². The van der Waals surface area contributed by atoms with E-state index < -0.39 is 0 Å². The first kappa shape index (κ1) is 13.5. The molecule has 0 saturated heterocycles. The molecule has 0 aromatic heterocycles. The molecule has 1 aromatic rings. The third kappa shape index (κ3) is 4.83. The van der Waals surface area contributed by atoms with Gasteiger partial charge in [-0.2, -0.15) is 0 Å². The number of amides is 1. The Morgan fingerprint density at radius 3 is 2.65 bits per heavy atom. The van der Waals surface area contributed by atoms with Gasteiger partial charge in [-0.25, -0.2) is 0 Å². The van der Waals surface area contributed by atoms with Crippen molar-refractivity contribution in [1.82, 2.24) is 5.32 Å². The Labute approximate surface area is 102 Å². The normalized spacial score (nSPS) is 13.2. The van der Waals surface area contributed by atoms with Crippen LogP contribution in [0.3, 0.4) is 0 Å². The van der Waals surface area contributed by atoms with Gasteiger partial charge >= 0.3 is 0 Å². The van der Waals surface area contributed by atoms with Crippen molar-refractivity contribution in [2.75, 3.05) is 13.7 Å². The fourth-order valence-corrected chi connectivity index (χ4v) is 1.49. The van der Waals surface area contributed by atoms with Crippen LogP contribution in [0.15, 0.2) is 35.9 Å². The van der Waals surface area contributed by atoms with Gasteiger partial charge in [-0.3, -0.25) is 4.79 Å². The summed E-state index contributed by atoms with van der Waals surface area (Å²) in [6.07, 6.45) is 1.87. The number of benzene rings is 1. The van der Waals surface area contributed by atoms with E-state index in [-0.39, 0.29) is 11.9 Å². The fraction of sp³-hybridized carbons (Fsp3) is 0.357. The highest BCUT2D eigenvalue weighted by molar-refractivity contribution is 5.97. The van der Waals surface area contributed by atoms with Gasteiger partial charge < -0.3 is 10.1 Å². The Morgan fingerprint density at radius 1 is 1.41 bits per heavy atom. The molecule has 0 aliphatic heterocycles. The smallest absolute Gasteiger partial charge is 0.247 e. The number of ether oxygens (including phenoxy) is 1. The number of carbonyl (C=O) groups excluding carboxylic acids is 1. The highest BCUT2D eigenvalue weighted by atomic mass is 16.5. The molecule has 17 heavy (non-hydrogen) atoms. The number of carbonyl (C=O) groups is 1. The quantitative estimate of drug-likeness (QED) is 0.792. The van der Waals surface area contributed by atoms with Gasteiger partial charge in [0, 0.05) is 18.7 Å². The van der Waals surface area contributed by atoms with E-state index in [1.54, 1.807) is 7.11 Å². The van der Waals surface area contributed by atoms with Crippen molar-refractivity contribution in [1.29, 1.82) is 0 Å². The zero-order valence-corrected chi connectivity index (χ0v) is 10.6. The van der Waals surface area contributed by atoms with E-state index >= 15 is 0 Å². The summed E-state index contributed by atoms with van der Waals surface area (Å²) in [4.78, 5) is 11.8. The summed E-state index contributed by atoms with van der Waals surface area (Å²) >= 11 is 0. The van der Waals surface area contributed by atoms with E-state index in [9.17, 15) is 4.79 Å². The van der Waals surface area contributed by atoms with E-state index in [1.165, 1.54) is 0 Å². The Balaban J connectivity index is 2.61. The second kappa shape index (κ2) is 6.86. The summed E-state index contributed by atoms with van der Waals surface area (Å²) < 4.78 is 4.97. The molecule has 1 aromatic carbocycles. The molecule has 0 radical (unpaired) electrons. The van der Waals surface area contributed by atoms with Crippen LogP contribution in [0, 0.1) is 0 Å². The first-order chi connectivity index (χ1) is 8.13. The average molecular weight is 233 g/mol. The monoisotopic (exact) mass is 233 g/mol. The number of nitrogens with one attached hydrogen (secondary N) is 1. The lowest BCUT2D eigenvalue weighted by molar-refractivity contribution is -0.118. The van der Waals surface area contributed by atoms with Crippen LogP contribution in [0.4, 0.5) is 0 Å². The average Bonchev–Trinajstić information content (AvgIpc) is 2.30. The van der Waals surface area contributed by atoms with Crippen molar-refractivity contribution in [3.8, 4) is 0 Å². The SMILES string of the molecule is COC[C@@H](C)NC(=O)/C(C)=C/c1ccccc1. The molecule has 0 saturated carbocycles. The Bertz CT molecular complexity index is 384. The third-order valence-electron chi connectivity index (χ3n) is 2.34. The zero-order chi connectivity index (χ0) is 12.7. The first-order valence-corrected chi connectivity index (χ1v) is 5.66. The minimum atomic E-state index is -0.0570. The van der Waals surface area contributed by atoms with E-state index in [4.69, 9.17) is 4.74 Å². The lowest BCUT2D eigenvalue weighted by atomic mass is 10.1. The summed E-state index contributed by atoms with van der Waals surface area (Å²) in [5, 5.41) is 2.87. The lowest BCUT2D eigenvalue weighted by Gasteiger charge is -2.12. The maximum atomic E-state index is 11.8. The maximum absolute atomic E-state index is 11.8. The number of hydrogen-bond donors (Lipinski definition) is 1. The summed E-state index contributed by atoms with van der Waals surface area (Å²) in [5.74, 6) is -0.0570. The molecule has 0 aliphatic rings. The molecular formula is C14H19NO2. The topological polar surface area (TPSA) is 38.3 Å². The Kier molecular flexibility index (Phi) is 5.43. The largest absolute Gasteiger partial charge is 0.383 e. The number of hydrogen-bond acceptors (Lipinski definition) is 2. The van der Waals surface area contributed by atoms with Crippen molar-refractivity contribution in [2.45, 2.75) is 19.9 Å². The summed E-state index contributed by atoms with van der Waals surface area (Å²) in [6.45, 7) is 4.24. The van der Waals surface area contributed by atoms with Crippen LogP contribution in [0.25, 0.3) is 6.08 Å². The van der Waals surface area contributed by atoms with Crippen molar-refractivity contribution in [3.05, 3.63) is 41.5 Å². The van der Waals surface area contributed by atoms with Gasteiger partial charge in [0.25, 0.3) is 0 Å². The van der Waals surface area contributed by atoms with Gasteiger partial charge in [0.05, 0.1) is 6.61 Å². The van der Waals surface area contributed by atoms with Gasteiger partial charge in [0.15, 0.2) is 0 Å².